The Bertz CT molecular complexity index is 759. The van der Waals surface area contributed by atoms with Gasteiger partial charge >= 0.3 is 0 Å². The van der Waals surface area contributed by atoms with Crippen molar-refractivity contribution in [2.45, 2.75) is 6.92 Å². The molecule has 3 aromatic rings. The zero-order chi connectivity index (χ0) is 14.7. The highest BCUT2D eigenvalue weighted by Crippen LogP contribution is 2.24. The number of aryl methyl sites for hydroxylation is 1. The van der Waals surface area contributed by atoms with Crippen molar-refractivity contribution in [3.05, 3.63) is 60.6 Å². The standard InChI is InChI=1S/C16H14N4O/c1-11-4-5-13(21)9-15(11)20-16-18-8-6-14(19-16)12-3-2-7-17-10-12/h2-10,21H,1H3,(H,18,19,20). The van der Waals surface area contributed by atoms with Gasteiger partial charge in [0.05, 0.1) is 5.69 Å². The lowest BCUT2D eigenvalue weighted by atomic mass is 10.2. The second-order valence-electron chi connectivity index (χ2n) is 4.63. The molecule has 1 aromatic carbocycles. The first-order valence-electron chi connectivity index (χ1n) is 6.52. The summed E-state index contributed by atoms with van der Waals surface area (Å²) in [6, 6.07) is 10.8. The normalized spacial score (nSPS) is 10.3. The smallest absolute Gasteiger partial charge is 0.227 e. The van der Waals surface area contributed by atoms with Gasteiger partial charge in [0.15, 0.2) is 0 Å². The third kappa shape index (κ3) is 2.97. The number of aromatic nitrogens is 3. The van der Waals surface area contributed by atoms with Crippen LogP contribution in [0.1, 0.15) is 5.56 Å². The molecule has 0 aliphatic rings. The summed E-state index contributed by atoms with van der Waals surface area (Å²) in [5, 5.41) is 12.7. The maximum Gasteiger partial charge on any atom is 0.227 e. The van der Waals surface area contributed by atoms with E-state index in [1.807, 2.05) is 31.2 Å². The third-order valence-electron chi connectivity index (χ3n) is 3.08. The predicted molar refractivity (Wildman–Crippen MR) is 81.4 cm³/mol. The van der Waals surface area contributed by atoms with Crippen molar-refractivity contribution in [1.29, 1.82) is 0 Å². The van der Waals surface area contributed by atoms with E-state index in [-0.39, 0.29) is 5.75 Å². The molecule has 0 fully saturated rings. The fourth-order valence-corrected chi connectivity index (χ4v) is 1.96. The van der Waals surface area contributed by atoms with Crippen molar-refractivity contribution >= 4 is 11.6 Å². The number of aromatic hydroxyl groups is 1. The number of anilines is 2. The average molecular weight is 278 g/mol. The molecule has 0 aliphatic heterocycles. The van der Waals surface area contributed by atoms with Gasteiger partial charge in [0.1, 0.15) is 5.75 Å². The number of phenolic OH excluding ortho intramolecular Hbond substituents is 1. The van der Waals surface area contributed by atoms with E-state index < -0.39 is 0 Å². The van der Waals surface area contributed by atoms with Crippen molar-refractivity contribution in [3.63, 3.8) is 0 Å². The van der Waals surface area contributed by atoms with E-state index in [4.69, 9.17) is 0 Å². The lowest BCUT2D eigenvalue weighted by Crippen LogP contribution is -1.99. The number of phenols is 1. The molecule has 0 spiro atoms. The molecule has 5 nitrogen and oxygen atoms in total. The van der Waals surface area contributed by atoms with Gasteiger partial charge in [-0.2, -0.15) is 0 Å². The molecular weight excluding hydrogens is 264 g/mol. The van der Waals surface area contributed by atoms with Crippen molar-refractivity contribution < 1.29 is 5.11 Å². The van der Waals surface area contributed by atoms with Gasteiger partial charge in [0, 0.05) is 35.9 Å². The summed E-state index contributed by atoms with van der Waals surface area (Å²) in [7, 11) is 0. The quantitative estimate of drug-likeness (QED) is 0.769. The van der Waals surface area contributed by atoms with Crippen molar-refractivity contribution in [2.24, 2.45) is 0 Å². The number of hydrogen-bond acceptors (Lipinski definition) is 5. The number of nitrogens with zero attached hydrogens (tertiary/aromatic N) is 3. The molecule has 0 bridgehead atoms. The highest BCUT2D eigenvalue weighted by molar-refractivity contribution is 5.63. The van der Waals surface area contributed by atoms with E-state index in [0.29, 0.717) is 5.95 Å². The summed E-state index contributed by atoms with van der Waals surface area (Å²) in [5.41, 5.74) is 3.50. The minimum Gasteiger partial charge on any atom is -0.508 e. The van der Waals surface area contributed by atoms with Gasteiger partial charge in [0.25, 0.3) is 0 Å². The first kappa shape index (κ1) is 13.1. The van der Waals surface area contributed by atoms with E-state index in [1.54, 1.807) is 30.7 Å². The van der Waals surface area contributed by atoms with Gasteiger partial charge in [-0.25, -0.2) is 9.97 Å². The summed E-state index contributed by atoms with van der Waals surface area (Å²) in [5.74, 6) is 0.677. The molecule has 0 aliphatic carbocycles. The average Bonchev–Trinajstić information content (AvgIpc) is 2.52. The Balaban J connectivity index is 1.92. The SMILES string of the molecule is Cc1ccc(O)cc1Nc1nccc(-c2cccnc2)n1. The minimum atomic E-state index is 0.200. The fraction of sp³-hybridized carbons (Fsp3) is 0.0625. The van der Waals surface area contributed by atoms with Crippen molar-refractivity contribution in [1.82, 2.24) is 15.0 Å². The lowest BCUT2D eigenvalue weighted by molar-refractivity contribution is 0.475. The molecular formula is C16H14N4O. The highest BCUT2D eigenvalue weighted by atomic mass is 16.3. The first-order valence-corrected chi connectivity index (χ1v) is 6.52. The van der Waals surface area contributed by atoms with E-state index in [0.717, 1.165) is 22.5 Å². The number of nitrogens with one attached hydrogen (secondary N) is 1. The van der Waals surface area contributed by atoms with Crippen LogP contribution in [0.15, 0.2) is 55.0 Å². The van der Waals surface area contributed by atoms with E-state index in [1.165, 1.54) is 0 Å². The minimum absolute atomic E-state index is 0.200. The number of hydrogen-bond donors (Lipinski definition) is 2. The molecule has 0 radical (unpaired) electrons. The topological polar surface area (TPSA) is 70.9 Å². The molecule has 0 saturated carbocycles. The zero-order valence-corrected chi connectivity index (χ0v) is 11.5. The lowest BCUT2D eigenvalue weighted by Gasteiger charge is -2.09. The number of pyridine rings is 1. The van der Waals surface area contributed by atoms with Gasteiger partial charge < -0.3 is 10.4 Å². The van der Waals surface area contributed by atoms with Gasteiger partial charge in [0.2, 0.25) is 5.95 Å². The maximum atomic E-state index is 9.56. The van der Waals surface area contributed by atoms with Crippen LogP contribution in [0.5, 0.6) is 5.75 Å². The van der Waals surface area contributed by atoms with Crippen LogP contribution in [0.2, 0.25) is 0 Å². The largest absolute Gasteiger partial charge is 0.508 e. The van der Waals surface area contributed by atoms with Gasteiger partial charge in [-0.3, -0.25) is 4.98 Å². The van der Waals surface area contributed by atoms with E-state index in [9.17, 15) is 5.11 Å². The maximum absolute atomic E-state index is 9.56. The van der Waals surface area contributed by atoms with Crippen molar-refractivity contribution in [2.75, 3.05) is 5.32 Å². The molecule has 0 saturated heterocycles. The van der Waals surface area contributed by atoms with Crippen LogP contribution in [0.25, 0.3) is 11.3 Å². The highest BCUT2D eigenvalue weighted by Gasteiger charge is 2.05. The summed E-state index contributed by atoms with van der Waals surface area (Å²) < 4.78 is 0. The van der Waals surface area contributed by atoms with Gasteiger partial charge in [-0.05, 0) is 36.8 Å². The summed E-state index contributed by atoms with van der Waals surface area (Å²) in [4.78, 5) is 12.8. The Morgan fingerprint density at radius 2 is 2.00 bits per heavy atom. The van der Waals surface area contributed by atoms with Crippen LogP contribution in [0.3, 0.4) is 0 Å². The van der Waals surface area contributed by atoms with Crippen LogP contribution < -0.4 is 5.32 Å². The Hall–Kier alpha value is -2.95. The Morgan fingerprint density at radius 3 is 2.81 bits per heavy atom. The molecule has 2 heterocycles. The first-order chi connectivity index (χ1) is 10.2. The zero-order valence-electron chi connectivity index (χ0n) is 11.5. The van der Waals surface area contributed by atoms with Crippen LogP contribution >= 0.6 is 0 Å². The summed E-state index contributed by atoms with van der Waals surface area (Å²) >= 11 is 0. The monoisotopic (exact) mass is 278 g/mol. The molecule has 0 unspecified atom stereocenters. The van der Waals surface area contributed by atoms with Crippen molar-refractivity contribution in [3.8, 4) is 17.0 Å². The molecule has 0 amide bonds. The Labute approximate surface area is 122 Å². The molecule has 2 N–H and O–H groups in total. The van der Waals surface area contributed by atoms with Crippen LogP contribution in [-0.2, 0) is 0 Å². The van der Waals surface area contributed by atoms with Crippen LogP contribution in [-0.4, -0.2) is 20.1 Å². The predicted octanol–water partition coefficient (Wildman–Crippen LogP) is 3.30. The molecule has 0 atom stereocenters. The van der Waals surface area contributed by atoms with Crippen LogP contribution in [0.4, 0.5) is 11.6 Å². The molecule has 2 aromatic heterocycles. The third-order valence-corrected chi connectivity index (χ3v) is 3.08. The second-order valence-corrected chi connectivity index (χ2v) is 4.63. The van der Waals surface area contributed by atoms with Gasteiger partial charge in [-0.1, -0.05) is 6.07 Å². The number of rotatable bonds is 3. The Morgan fingerprint density at radius 1 is 1.10 bits per heavy atom. The van der Waals surface area contributed by atoms with E-state index >= 15 is 0 Å². The van der Waals surface area contributed by atoms with E-state index in [2.05, 4.69) is 20.3 Å². The number of benzene rings is 1. The fourth-order valence-electron chi connectivity index (χ4n) is 1.96. The summed E-state index contributed by atoms with van der Waals surface area (Å²) in [6.45, 7) is 1.95. The second kappa shape index (κ2) is 5.58. The Kier molecular flexibility index (Phi) is 3.47. The molecule has 3 rings (SSSR count). The molecule has 21 heavy (non-hydrogen) atoms. The van der Waals surface area contributed by atoms with Gasteiger partial charge in [-0.15, -0.1) is 0 Å². The molecule has 104 valence electrons. The molecule has 5 heteroatoms. The summed E-state index contributed by atoms with van der Waals surface area (Å²) in [6.07, 6.45) is 5.17. The van der Waals surface area contributed by atoms with Crippen LogP contribution in [0, 0.1) is 6.92 Å².